The molecule has 3 heterocycles. The molecule has 1 amide bonds. The van der Waals surface area contributed by atoms with Gasteiger partial charge in [0.25, 0.3) is 5.92 Å². The van der Waals surface area contributed by atoms with E-state index in [2.05, 4.69) is 4.90 Å². The molecule has 4 rings (SSSR count). The van der Waals surface area contributed by atoms with Crippen molar-refractivity contribution in [2.24, 2.45) is 5.41 Å². The van der Waals surface area contributed by atoms with Crippen molar-refractivity contribution in [3.05, 3.63) is 0 Å². The molecule has 3 saturated heterocycles. The van der Waals surface area contributed by atoms with Crippen LogP contribution in [-0.2, 0) is 4.74 Å². The summed E-state index contributed by atoms with van der Waals surface area (Å²) in [6.07, 6.45) is 3.92. The number of hydrogen-bond acceptors (Lipinski definition) is 5. The van der Waals surface area contributed by atoms with E-state index in [1.54, 1.807) is 6.92 Å². The highest BCUT2D eigenvalue weighted by atomic mass is 19.3. The Balaban J connectivity index is 1.25. The fraction of sp³-hybridized carbons (Fsp3) is 0.952. The van der Waals surface area contributed by atoms with Crippen molar-refractivity contribution in [2.45, 2.75) is 82.5 Å². The number of ether oxygens (including phenoxy) is 1. The zero-order chi connectivity index (χ0) is 20.8. The van der Waals surface area contributed by atoms with Crippen LogP contribution in [0.15, 0.2) is 0 Å². The molecule has 0 aromatic heterocycles. The normalized spacial score (nSPS) is 37.1. The van der Waals surface area contributed by atoms with E-state index in [9.17, 15) is 18.7 Å². The highest BCUT2D eigenvalue weighted by Crippen LogP contribution is 2.50. The summed E-state index contributed by atoms with van der Waals surface area (Å²) in [6, 6.07) is 0.255. The Morgan fingerprint density at radius 1 is 1.14 bits per heavy atom. The molecule has 2 unspecified atom stereocenters. The fourth-order valence-electron chi connectivity index (χ4n) is 6.14. The number of nitrogens with zero attached hydrogens (tertiary/aromatic N) is 3. The van der Waals surface area contributed by atoms with Gasteiger partial charge in [-0.3, -0.25) is 4.90 Å². The molecular weight excluding hydrogens is 380 g/mol. The van der Waals surface area contributed by atoms with Gasteiger partial charge in [0.2, 0.25) is 0 Å². The molecule has 1 spiro atoms. The van der Waals surface area contributed by atoms with Crippen molar-refractivity contribution < 1.29 is 23.4 Å². The Hall–Kier alpha value is -0.990. The van der Waals surface area contributed by atoms with E-state index in [0.717, 1.165) is 58.3 Å². The monoisotopic (exact) mass is 415 g/mol. The van der Waals surface area contributed by atoms with E-state index in [1.807, 2.05) is 16.7 Å². The average molecular weight is 416 g/mol. The summed E-state index contributed by atoms with van der Waals surface area (Å²) in [4.78, 5) is 18.2. The number of piperidine rings is 1. The van der Waals surface area contributed by atoms with Crippen LogP contribution in [0.1, 0.15) is 52.4 Å². The summed E-state index contributed by atoms with van der Waals surface area (Å²) in [6.45, 7) is 7.11. The number of aliphatic hydroxyl groups is 1. The molecule has 1 saturated carbocycles. The van der Waals surface area contributed by atoms with Gasteiger partial charge in [0.15, 0.2) is 0 Å². The number of likely N-dealkylation sites (tertiary alicyclic amines) is 3. The van der Waals surface area contributed by atoms with Crippen LogP contribution < -0.4 is 0 Å². The van der Waals surface area contributed by atoms with Crippen molar-refractivity contribution in [3.8, 4) is 0 Å². The van der Waals surface area contributed by atoms with Gasteiger partial charge < -0.3 is 19.6 Å². The molecule has 0 aromatic rings. The lowest BCUT2D eigenvalue weighted by Gasteiger charge is -2.52. The minimum absolute atomic E-state index is 0.138. The van der Waals surface area contributed by atoms with Crippen LogP contribution in [0.25, 0.3) is 0 Å². The molecule has 4 fully saturated rings. The standard InChI is InChI=1S/C21H35F2N3O3/c1-3-29-19(28)25-9-6-20(13-25)10-17(11-20)24-7-4-16(5-8-24)26-14-21(22,23)12-18(26)15(2)27/h15-18,27H,3-14H2,1-2H3. The van der Waals surface area contributed by atoms with Gasteiger partial charge in [0.1, 0.15) is 0 Å². The number of rotatable bonds is 4. The molecule has 4 aliphatic rings. The third kappa shape index (κ3) is 4.26. The van der Waals surface area contributed by atoms with Crippen LogP contribution in [0, 0.1) is 5.41 Å². The van der Waals surface area contributed by atoms with Gasteiger partial charge in [0, 0.05) is 37.6 Å². The van der Waals surface area contributed by atoms with Gasteiger partial charge in [-0.1, -0.05) is 0 Å². The van der Waals surface area contributed by atoms with Crippen LogP contribution in [0.2, 0.25) is 0 Å². The molecule has 0 radical (unpaired) electrons. The smallest absolute Gasteiger partial charge is 0.409 e. The first-order valence-electron chi connectivity index (χ1n) is 11.2. The van der Waals surface area contributed by atoms with Gasteiger partial charge in [-0.15, -0.1) is 0 Å². The van der Waals surface area contributed by atoms with E-state index in [-0.39, 0.29) is 30.5 Å². The number of carbonyl (C=O) groups excluding carboxylic acids is 1. The third-order valence-electron chi connectivity index (χ3n) is 7.69. The molecule has 1 N–H and O–H groups in total. The minimum Gasteiger partial charge on any atom is -0.450 e. The molecule has 166 valence electrons. The number of alkyl halides is 2. The lowest BCUT2D eigenvalue weighted by molar-refractivity contribution is -0.0287. The molecule has 6 nitrogen and oxygen atoms in total. The molecule has 2 atom stereocenters. The number of carbonyl (C=O) groups is 1. The van der Waals surface area contributed by atoms with Crippen molar-refractivity contribution in [1.29, 1.82) is 0 Å². The van der Waals surface area contributed by atoms with Crippen LogP contribution >= 0.6 is 0 Å². The summed E-state index contributed by atoms with van der Waals surface area (Å²) in [7, 11) is 0. The van der Waals surface area contributed by atoms with Crippen molar-refractivity contribution in [1.82, 2.24) is 14.7 Å². The van der Waals surface area contributed by atoms with Gasteiger partial charge >= 0.3 is 6.09 Å². The Bertz CT molecular complexity index is 604. The first kappa shape index (κ1) is 21.2. The zero-order valence-corrected chi connectivity index (χ0v) is 17.7. The third-order valence-corrected chi connectivity index (χ3v) is 7.69. The van der Waals surface area contributed by atoms with Gasteiger partial charge in [-0.05, 0) is 64.5 Å². The summed E-state index contributed by atoms with van der Waals surface area (Å²) < 4.78 is 33.0. The lowest BCUT2D eigenvalue weighted by Crippen LogP contribution is -2.56. The first-order chi connectivity index (χ1) is 13.7. The quantitative estimate of drug-likeness (QED) is 0.765. The van der Waals surface area contributed by atoms with Crippen LogP contribution in [-0.4, -0.2) is 95.4 Å². The van der Waals surface area contributed by atoms with E-state index >= 15 is 0 Å². The molecule has 0 bridgehead atoms. The highest BCUT2D eigenvalue weighted by Gasteiger charge is 2.53. The first-order valence-corrected chi connectivity index (χ1v) is 11.2. The highest BCUT2D eigenvalue weighted by molar-refractivity contribution is 5.68. The van der Waals surface area contributed by atoms with E-state index < -0.39 is 18.1 Å². The second-order valence-corrected chi connectivity index (χ2v) is 9.74. The Morgan fingerprint density at radius 2 is 1.83 bits per heavy atom. The molecule has 3 aliphatic heterocycles. The summed E-state index contributed by atoms with van der Waals surface area (Å²) >= 11 is 0. The Morgan fingerprint density at radius 3 is 2.45 bits per heavy atom. The second-order valence-electron chi connectivity index (χ2n) is 9.74. The molecular formula is C21H35F2N3O3. The number of halogens is 2. The van der Waals surface area contributed by atoms with E-state index in [4.69, 9.17) is 4.74 Å². The summed E-state index contributed by atoms with van der Waals surface area (Å²) in [5, 5.41) is 9.96. The largest absolute Gasteiger partial charge is 0.450 e. The van der Waals surface area contributed by atoms with Crippen molar-refractivity contribution in [3.63, 3.8) is 0 Å². The van der Waals surface area contributed by atoms with Crippen molar-refractivity contribution in [2.75, 3.05) is 39.3 Å². The Labute approximate surface area is 172 Å². The van der Waals surface area contributed by atoms with Crippen molar-refractivity contribution >= 4 is 6.09 Å². The summed E-state index contributed by atoms with van der Waals surface area (Å²) in [5.41, 5.74) is 0.253. The fourth-order valence-corrected chi connectivity index (χ4v) is 6.14. The van der Waals surface area contributed by atoms with E-state index in [1.165, 1.54) is 0 Å². The molecule has 29 heavy (non-hydrogen) atoms. The zero-order valence-electron chi connectivity index (χ0n) is 17.7. The number of aliphatic hydroxyl groups excluding tert-OH is 1. The summed E-state index contributed by atoms with van der Waals surface area (Å²) in [5.74, 6) is -2.69. The second kappa shape index (κ2) is 7.93. The van der Waals surface area contributed by atoms with Gasteiger partial charge in [-0.2, -0.15) is 0 Å². The molecule has 8 heteroatoms. The number of amides is 1. The predicted octanol–water partition coefficient (Wildman–Crippen LogP) is 2.55. The molecule has 1 aliphatic carbocycles. The van der Waals surface area contributed by atoms with Crippen LogP contribution in [0.5, 0.6) is 0 Å². The SMILES string of the molecule is CCOC(=O)N1CCC2(CC(N3CCC(N4CC(F)(F)CC4C(C)O)CC3)C2)C1. The lowest BCUT2D eigenvalue weighted by atomic mass is 9.64. The van der Waals surface area contributed by atoms with Gasteiger partial charge in [0.05, 0.1) is 19.3 Å². The van der Waals surface area contributed by atoms with Crippen LogP contribution in [0.3, 0.4) is 0 Å². The predicted molar refractivity (Wildman–Crippen MR) is 105 cm³/mol. The molecule has 0 aromatic carbocycles. The minimum atomic E-state index is -2.69. The maximum atomic E-state index is 13.9. The number of hydrogen-bond donors (Lipinski definition) is 1. The average Bonchev–Trinajstić information content (AvgIpc) is 3.22. The maximum absolute atomic E-state index is 13.9. The van der Waals surface area contributed by atoms with E-state index in [0.29, 0.717) is 12.6 Å². The maximum Gasteiger partial charge on any atom is 0.409 e. The van der Waals surface area contributed by atoms with Gasteiger partial charge in [-0.25, -0.2) is 13.6 Å². The topological polar surface area (TPSA) is 56.2 Å². The Kier molecular flexibility index (Phi) is 5.81. The van der Waals surface area contributed by atoms with Crippen LogP contribution in [0.4, 0.5) is 13.6 Å².